The number of pyridine rings is 1. The number of benzene rings is 2. The van der Waals surface area contributed by atoms with Crippen molar-refractivity contribution in [2.24, 2.45) is 0 Å². The molecule has 6 rings (SSSR count). The van der Waals surface area contributed by atoms with Crippen LogP contribution < -0.4 is 19.8 Å². The van der Waals surface area contributed by atoms with Gasteiger partial charge in [0.1, 0.15) is 5.75 Å². The number of tetrazole rings is 1. The minimum absolute atomic E-state index is 0.0869. The summed E-state index contributed by atoms with van der Waals surface area (Å²) in [5.41, 5.74) is 2.36. The van der Waals surface area contributed by atoms with Crippen molar-refractivity contribution in [2.75, 3.05) is 53.3 Å². The molecule has 2 aromatic heterocycles. The Kier molecular flexibility index (Phi) is 8.63. The Labute approximate surface area is 244 Å². The van der Waals surface area contributed by atoms with E-state index in [2.05, 4.69) is 37.2 Å². The first kappa shape index (κ1) is 28.1. The summed E-state index contributed by atoms with van der Waals surface area (Å²) in [7, 11) is 1.66. The number of hydrogen-bond acceptors (Lipinski definition) is 10. The molecule has 0 spiro atoms. The Hall–Kier alpha value is -4.00. The van der Waals surface area contributed by atoms with Crippen molar-refractivity contribution >= 4 is 10.9 Å². The molecule has 4 aromatic rings. The lowest BCUT2D eigenvalue weighted by molar-refractivity contribution is 0.0289. The Balaban J connectivity index is 1.31. The van der Waals surface area contributed by atoms with E-state index < -0.39 is 0 Å². The van der Waals surface area contributed by atoms with E-state index in [0.29, 0.717) is 30.2 Å². The van der Waals surface area contributed by atoms with Crippen LogP contribution in [-0.2, 0) is 17.8 Å². The quantitative estimate of drug-likeness (QED) is 0.270. The second-order valence-electron chi connectivity index (χ2n) is 10.7. The van der Waals surface area contributed by atoms with Crippen LogP contribution in [0.2, 0.25) is 0 Å². The van der Waals surface area contributed by atoms with Crippen LogP contribution in [0, 0.1) is 0 Å². The fraction of sp³-hybridized carbons (Fsp3) is 0.467. The van der Waals surface area contributed by atoms with Crippen molar-refractivity contribution in [3.05, 3.63) is 69.8 Å². The maximum absolute atomic E-state index is 13.4. The van der Waals surface area contributed by atoms with Crippen molar-refractivity contribution < 1.29 is 18.9 Å². The summed E-state index contributed by atoms with van der Waals surface area (Å²) in [4.78, 5) is 21.2. The highest BCUT2D eigenvalue weighted by atomic mass is 16.7. The number of rotatable bonds is 12. The first-order valence-electron chi connectivity index (χ1n) is 14.5. The molecule has 2 aliphatic heterocycles. The number of aromatic amines is 1. The number of hydrogen-bond donors (Lipinski definition) is 1. The number of nitrogens with zero attached hydrogens (tertiary/aromatic N) is 6. The average Bonchev–Trinajstić information content (AvgIpc) is 3.67. The van der Waals surface area contributed by atoms with Gasteiger partial charge in [0.15, 0.2) is 17.3 Å². The van der Waals surface area contributed by atoms with Crippen molar-refractivity contribution in [1.82, 2.24) is 35.0 Å². The topological polar surface area (TPSA) is 120 Å². The van der Waals surface area contributed by atoms with Gasteiger partial charge in [-0.1, -0.05) is 25.5 Å². The monoisotopic (exact) mass is 575 g/mol. The smallest absolute Gasteiger partial charge is 0.252 e. The Morgan fingerprint density at radius 3 is 2.64 bits per heavy atom. The highest BCUT2D eigenvalue weighted by molar-refractivity contribution is 5.83. The third-order valence-electron chi connectivity index (χ3n) is 7.95. The molecule has 0 amide bonds. The number of H-pyrrole nitrogens is 1. The standard InChI is InChI=1S/C30H37N7O5/c1-3-4-26(29-32-33-34-37(29)18-21-5-7-24(39-2)8-6-21)36(10-9-35-11-13-40-14-12-35)19-23-15-22-16-27-28(42-20-41-27)17-25(22)31-30(23)38/h5-8,15-17,26H,3-4,9-14,18-20H2,1-2H3,(H,31,38). The fourth-order valence-corrected chi connectivity index (χ4v) is 5.63. The van der Waals surface area contributed by atoms with Gasteiger partial charge in [-0.05, 0) is 46.7 Å². The lowest BCUT2D eigenvalue weighted by Gasteiger charge is -2.34. The second kappa shape index (κ2) is 12.9. The second-order valence-corrected chi connectivity index (χ2v) is 10.7. The first-order chi connectivity index (χ1) is 20.6. The van der Waals surface area contributed by atoms with E-state index in [1.807, 2.05) is 47.1 Å². The highest BCUT2D eigenvalue weighted by Gasteiger charge is 2.28. The van der Waals surface area contributed by atoms with Crippen LogP contribution in [0.5, 0.6) is 17.2 Å². The SMILES string of the molecule is CCCC(c1nnnn1Cc1ccc(OC)cc1)N(CCN1CCOCC1)Cc1cc2cc3c(cc2[nH]c1=O)OCO3. The van der Waals surface area contributed by atoms with Gasteiger partial charge >= 0.3 is 0 Å². The molecule has 0 saturated carbocycles. The van der Waals surface area contributed by atoms with Gasteiger partial charge in [0.2, 0.25) is 6.79 Å². The maximum atomic E-state index is 13.4. The van der Waals surface area contributed by atoms with Crippen LogP contribution in [0.25, 0.3) is 10.9 Å². The Morgan fingerprint density at radius 2 is 1.88 bits per heavy atom. The predicted molar refractivity (Wildman–Crippen MR) is 156 cm³/mol. The van der Waals surface area contributed by atoms with E-state index in [-0.39, 0.29) is 18.4 Å². The van der Waals surface area contributed by atoms with Crippen LogP contribution in [0.1, 0.15) is 42.8 Å². The molecule has 42 heavy (non-hydrogen) atoms. The van der Waals surface area contributed by atoms with Gasteiger partial charge in [-0.25, -0.2) is 4.68 Å². The largest absolute Gasteiger partial charge is 0.497 e. The molecule has 0 aliphatic carbocycles. The summed E-state index contributed by atoms with van der Waals surface area (Å²) in [5.74, 6) is 2.92. The Bertz CT molecular complexity index is 1550. The molecule has 222 valence electrons. The maximum Gasteiger partial charge on any atom is 0.252 e. The van der Waals surface area contributed by atoms with E-state index >= 15 is 0 Å². The third-order valence-corrected chi connectivity index (χ3v) is 7.95. The number of methoxy groups -OCH3 is 1. The minimum Gasteiger partial charge on any atom is -0.497 e. The number of fused-ring (bicyclic) bond motifs is 2. The van der Waals surface area contributed by atoms with E-state index in [1.54, 1.807) is 7.11 Å². The van der Waals surface area contributed by atoms with Gasteiger partial charge < -0.3 is 23.9 Å². The molecule has 12 heteroatoms. The van der Waals surface area contributed by atoms with Crippen LogP contribution in [0.4, 0.5) is 0 Å². The third kappa shape index (κ3) is 6.25. The molecule has 1 unspecified atom stereocenters. The number of aromatic nitrogens is 5. The number of ether oxygens (including phenoxy) is 4. The van der Waals surface area contributed by atoms with Gasteiger partial charge in [0, 0.05) is 49.7 Å². The summed E-state index contributed by atoms with van der Waals surface area (Å²) in [6.07, 6.45) is 1.78. The van der Waals surface area contributed by atoms with Gasteiger partial charge in [-0.15, -0.1) is 5.10 Å². The van der Waals surface area contributed by atoms with Gasteiger partial charge in [0.25, 0.3) is 5.56 Å². The van der Waals surface area contributed by atoms with Crippen LogP contribution >= 0.6 is 0 Å². The Morgan fingerprint density at radius 1 is 1.10 bits per heavy atom. The van der Waals surface area contributed by atoms with Crippen LogP contribution in [0.15, 0.2) is 47.3 Å². The molecule has 1 fully saturated rings. The summed E-state index contributed by atoms with van der Waals surface area (Å²) < 4.78 is 23.8. The van der Waals surface area contributed by atoms with Crippen molar-refractivity contribution in [3.63, 3.8) is 0 Å². The lowest BCUT2D eigenvalue weighted by Crippen LogP contribution is -2.43. The normalized spacial score (nSPS) is 15.9. The van der Waals surface area contributed by atoms with Crippen molar-refractivity contribution in [1.29, 1.82) is 0 Å². The molecular weight excluding hydrogens is 538 g/mol. The van der Waals surface area contributed by atoms with Gasteiger partial charge in [-0.2, -0.15) is 0 Å². The molecule has 1 atom stereocenters. The molecule has 2 aliphatic rings. The predicted octanol–water partition coefficient (Wildman–Crippen LogP) is 2.98. The van der Waals surface area contributed by atoms with Crippen molar-refractivity contribution in [2.45, 2.75) is 38.9 Å². The minimum atomic E-state index is -0.120. The van der Waals surface area contributed by atoms with Crippen LogP contribution in [-0.4, -0.2) is 88.3 Å². The van der Waals surface area contributed by atoms with Crippen molar-refractivity contribution in [3.8, 4) is 17.2 Å². The van der Waals surface area contributed by atoms with E-state index in [4.69, 9.17) is 18.9 Å². The molecule has 0 bridgehead atoms. The molecule has 4 heterocycles. The summed E-state index contributed by atoms with van der Waals surface area (Å²) in [6.45, 7) is 8.19. The van der Waals surface area contributed by atoms with Gasteiger partial charge in [0.05, 0.1) is 38.4 Å². The van der Waals surface area contributed by atoms with Crippen LogP contribution in [0.3, 0.4) is 0 Å². The first-order valence-corrected chi connectivity index (χ1v) is 14.5. The molecular formula is C30H37N7O5. The highest BCUT2D eigenvalue weighted by Crippen LogP contribution is 2.35. The number of morpholine rings is 1. The van der Waals surface area contributed by atoms with E-state index in [9.17, 15) is 4.79 Å². The average molecular weight is 576 g/mol. The summed E-state index contributed by atoms with van der Waals surface area (Å²) in [5, 5.41) is 13.9. The molecule has 12 nitrogen and oxygen atoms in total. The summed E-state index contributed by atoms with van der Waals surface area (Å²) in [6, 6.07) is 13.6. The molecule has 1 saturated heterocycles. The zero-order valence-corrected chi connectivity index (χ0v) is 24.1. The fourth-order valence-electron chi connectivity index (χ4n) is 5.63. The summed E-state index contributed by atoms with van der Waals surface area (Å²) >= 11 is 0. The lowest BCUT2D eigenvalue weighted by atomic mass is 10.1. The van der Waals surface area contributed by atoms with Gasteiger partial charge in [-0.3, -0.25) is 14.6 Å². The van der Waals surface area contributed by atoms with E-state index in [0.717, 1.165) is 80.3 Å². The number of nitrogens with one attached hydrogen (secondary N) is 1. The zero-order chi connectivity index (χ0) is 28.9. The molecule has 1 N–H and O–H groups in total. The zero-order valence-electron chi connectivity index (χ0n) is 24.1. The van der Waals surface area contributed by atoms with E-state index in [1.165, 1.54) is 0 Å². The molecule has 0 radical (unpaired) electrons. The molecule has 2 aromatic carbocycles.